The first-order valence-corrected chi connectivity index (χ1v) is 8.94. The molecule has 5 nitrogen and oxygen atoms in total. The summed E-state index contributed by atoms with van der Waals surface area (Å²) in [5.74, 6) is -0.644. The van der Waals surface area contributed by atoms with Crippen LogP contribution in [0.15, 0.2) is 47.1 Å². The van der Waals surface area contributed by atoms with Gasteiger partial charge in [0.1, 0.15) is 0 Å². The number of halogens is 4. The number of phenolic OH excluding ortho intramolecular Hbond substituents is 1. The molecule has 2 aromatic carbocycles. The Balaban J connectivity index is 1.97. The number of ether oxygens (including phenoxy) is 1. The van der Waals surface area contributed by atoms with Crippen LogP contribution in [0.25, 0.3) is 6.08 Å². The number of anilines is 1. The number of phenols is 1. The van der Waals surface area contributed by atoms with Crippen LogP contribution >= 0.6 is 11.6 Å². The molecule has 1 N–H and O–H groups in total. The molecule has 0 radical (unpaired) electrons. The van der Waals surface area contributed by atoms with E-state index < -0.39 is 17.6 Å². The highest BCUT2D eigenvalue weighted by atomic mass is 35.5. The van der Waals surface area contributed by atoms with Crippen molar-refractivity contribution in [3.8, 4) is 11.5 Å². The van der Waals surface area contributed by atoms with Gasteiger partial charge < -0.3 is 9.84 Å². The lowest BCUT2D eigenvalue weighted by molar-refractivity contribution is -0.137. The predicted molar refractivity (Wildman–Crippen MR) is 104 cm³/mol. The zero-order chi connectivity index (χ0) is 21.3. The van der Waals surface area contributed by atoms with Crippen molar-refractivity contribution in [1.29, 1.82) is 0 Å². The molecule has 2 aromatic rings. The van der Waals surface area contributed by atoms with Crippen molar-refractivity contribution in [3.05, 3.63) is 58.1 Å². The van der Waals surface area contributed by atoms with E-state index in [9.17, 15) is 23.1 Å². The highest BCUT2D eigenvalue weighted by Gasteiger charge is 2.33. The number of hydrogen-bond donors (Lipinski definition) is 1. The Hall–Kier alpha value is -3.00. The number of hydrazone groups is 1. The molecular weight excluding hydrogens is 409 g/mol. The molecule has 152 valence electrons. The molecule has 1 aliphatic rings. The molecule has 1 aliphatic heterocycles. The maximum absolute atomic E-state index is 13.0. The van der Waals surface area contributed by atoms with E-state index in [0.29, 0.717) is 17.9 Å². The maximum atomic E-state index is 13.0. The number of carbonyl (C=O) groups is 1. The zero-order valence-electron chi connectivity index (χ0n) is 15.4. The Bertz CT molecular complexity index is 1030. The molecule has 9 heteroatoms. The third-order valence-corrected chi connectivity index (χ3v) is 4.43. The summed E-state index contributed by atoms with van der Waals surface area (Å²) in [6.45, 7) is 3.61. The molecule has 29 heavy (non-hydrogen) atoms. The highest BCUT2D eigenvalue weighted by Crippen LogP contribution is 2.37. The Morgan fingerprint density at radius 3 is 2.66 bits per heavy atom. The summed E-state index contributed by atoms with van der Waals surface area (Å²) < 4.78 is 44.2. The second-order valence-electron chi connectivity index (χ2n) is 6.19. The fourth-order valence-corrected chi connectivity index (χ4v) is 3.00. The van der Waals surface area contributed by atoms with E-state index in [4.69, 9.17) is 16.3 Å². The maximum Gasteiger partial charge on any atom is 0.416 e. The number of carbonyl (C=O) groups excluding carboxylic acids is 1. The van der Waals surface area contributed by atoms with Gasteiger partial charge in [-0.25, -0.2) is 0 Å². The summed E-state index contributed by atoms with van der Waals surface area (Å²) in [5, 5.41) is 15.0. The van der Waals surface area contributed by atoms with E-state index in [2.05, 4.69) is 5.10 Å². The Kier molecular flexibility index (Phi) is 5.57. The topological polar surface area (TPSA) is 62.1 Å². The molecule has 0 unspecified atom stereocenters. The minimum Gasteiger partial charge on any atom is -0.503 e. The second-order valence-corrected chi connectivity index (χ2v) is 6.60. The quantitative estimate of drug-likeness (QED) is 0.680. The van der Waals surface area contributed by atoms with E-state index in [1.54, 1.807) is 13.8 Å². The van der Waals surface area contributed by atoms with Crippen molar-refractivity contribution in [3.63, 3.8) is 0 Å². The summed E-state index contributed by atoms with van der Waals surface area (Å²) in [5.41, 5.74) is 0.118. The van der Waals surface area contributed by atoms with Gasteiger partial charge in [-0.3, -0.25) is 4.79 Å². The third kappa shape index (κ3) is 4.22. The van der Waals surface area contributed by atoms with E-state index in [0.717, 1.165) is 17.1 Å². The number of benzene rings is 2. The largest absolute Gasteiger partial charge is 0.503 e. The van der Waals surface area contributed by atoms with Crippen LogP contribution in [0.5, 0.6) is 11.5 Å². The van der Waals surface area contributed by atoms with Crippen molar-refractivity contribution >= 4 is 35.0 Å². The van der Waals surface area contributed by atoms with Crippen LogP contribution in [0.2, 0.25) is 5.02 Å². The Morgan fingerprint density at radius 1 is 1.28 bits per heavy atom. The number of hydrogen-bond acceptors (Lipinski definition) is 4. The van der Waals surface area contributed by atoms with Gasteiger partial charge in [-0.15, -0.1) is 0 Å². The number of rotatable bonds is 4. The fourth-order valence-electron chi connectivity index (χ4n) is 2.78. The van der Waals surface area contributed by atoms with Gasteiger partial charge in [0.05, 0.1) is 34.2 Å². The summed E-state index contributed by atoms with van der Waals surface area (Å²) >= 11 is 6.01. The van der Waals surface area contributed by atoms with Crippen LogP contribution in [0.3, 0.4) is 0 Å². The zero-order valence-corrected chi connectivity index (χ0v) is 16.2. The average Bonchev–Trinajstić information content (AvgIpc) is 2.93. The van der Waals surface area contributed by atoms with Crippen LogP contribution in [0.4, 0.5) is 18.9 Å². The minimum absolute atomic E-state index is 0.00585. The van der Waals surface area contributed by atoms with Crippen LogP contribution in [-0.2, 0) is 11.0 Å². The lowest BCUT2D eigenvalue weighted by Crippen LogP contribution is -2.21. The van der Waals surface area contributed by atoms with Crippen molar-refractivity contribution in [1.82, 2.24) is 0 Å². The fraction of sp³-hybridized carbons (Fsp3) is 0.200. The van der Waals surface area contributed by atoms with E-state index in [1.807, 2.05) is 0 Å². The third-order valence-electron chi connectivity index (χ3n) is 4.14. The molecule has 0 saturated carbocycles. The first-order valence-electron chi connectivity index (χ1n) is 8.56. The molecule has 0 aromatic heterocycles. The van der Waals surface area contributed by atoms with Gasteiger partial charge in [-0.2, -0.15) is 23.3 Å². The van der Waals surface area contributed by atoms with E-state index in [1.165, 1.54) is 30.3 Å². The van der Waals surface area contributed by atoms with Gasteiger partial charge >= 0.3 is 6.18 Å². The molecule has 0 spiro atoms. The first-order chi connectivity index (χ1) is 13.6. The SMILES string of the molecule is CCOc1cc(/C=C2/C(=O)N(c3cccc(C(F)(F)F)c3)N=C2C)cc(Cl)c1O. The summed E-state index contributed by atoms with van der Waals surface area (Å²) in [6, 6.07) is 7.32. The molecule has 0 bridgehead atoms. The molecule has 0 saturated heterocycles. The molecule has 1 heterocycles. The first kappa shape index (κ1) is 20.7. The number of aromatic hydroxyl groups is 1. The smallest absolute Gasteiger partial charge is 0.416 e. The van der Waals surface area contributed by atoms with Crippen LogP contribution in [-0.4, -0.2) is 23.3 Å². The number of nitrogens with zero attached hydrogens (tertiary/aromatic N) is 2. The highest BCUT2D eigenvalue weighted by molar-refractivity contribution is 6.33. The number of alkyl halides is 3. The van der Waals surface area contributed by atoms with Crippen molar-refractivity contribution in [2.45, 2.75) is 20.0 Å². The van der Waals surface area contributed by atoms with Crippen molar-refractivity contribution in [2.24, 2.45) is 5.10 Å². The lowest BCUT2D eigenvalue weighted by Gasteiger charge is -2.14. The predicted octanol–water partition coefficient (Wildman–Crippen LogP) is 5.27. The number of amides is 1. The Morgan fingerprint density at radius 2 is 2.00 bits per heavy atom. The summed E-state index contributed by atoms with van der Waals surface area (Å²) in [4.78, 5) is 12.8. The molecular formula is C20H16ClF3N2O3. The van der Waals surface area contributed by atoms with Crippen LogP contribution in [0.1, 0.15) is 25.0 Å². The van der Waals surface area contributed by atoms with Gasteiger partial charge in [0, 0.05) is 0 Å². The Labute approximate surface area is 169 Å². The van der Waals surface area contributed by atoms with Gasteiger partial charge in [0.2, 0.25) is 0 Å². The van der Waals surface area contributed by atoms with Crippen LogP contribution < -0.4 is 9.75 Å². The lowest BCUT2D eigenvalue weighted by atomic mass is 10.1. The standard InChI is InChI=1S/C20H16ClF3N2O3/c1-3-29-17-9-12(8-16(21)18(17)27)7-15-11(2)25-26(19(15)28)14-6-4-5-13(10-14)20(22,23)24/h4-10,27H,3H2,1-2H3/b15-7+. The van der Waals surface area contributed by atoms with E-state index in [-0.39, 0.29) is 27.8 Å². The van der Waals surface area contributed by atoms with Gasteiger partial charge in [0.25, 0.3) is 5.91 Å². The van der Waals surface area contributed by atoms with Crippen LogP contribution in [0, 0.1) is 0 Å². The van der Waals surface area contributed by atoms with Gasteiger partial charge in [-0.1, -0.05) is 17.7 Å². The second kappa shape index (κ2) is 7.79. The van der Waals surface area contributed by atoms with Crippen molar-refractivity contribution in [2.75, 3.05) is 11.6 Å². The van der Waals surface area contributed by atoms with Gasteiger partial charge in [-0.05, 0) is 55.8 Å². The van der Waals surface area contributed by atoms with Gasteiger partial charge in [0.15, 0.2) is 11.5 Å². The molecule has 3 rings (SSSR count). The molecule has 1 amide bonds. The molecule has 0 fully saturated rings. The molecule has 0 aliphatic carbocycles. The average molecular weight is 425 g/mol. The monoisotopic (exact) mass is 424 g/mol. The molecule has 0 atom stereocenters. The summed E-state index contributed by atoms with van der Waals surface area (Å²) in [6.07, 6.45) is -3.04. The van der Waals surface area contributed by atoms with Crippen molar-refractivity contribution < 1.29 is 27.8 Å². The normalized spacial score (nSPS) is 15.8. The van der Waals surface area contributed by atoms with E-state index >= 15 is 0 Å². The minimum atomic E-state index is -4.53. The summed E-state index contributed by atoms with van der Waals surface area (Å²) in [7, 11) is 0.